The maximum atomic E-state index is 6.47. The summed E-state index contributed by atoms with van der Waals surface area (Å²) in [6.07, 6.45) is 7.18. The van der Waals surface area contributed by atoms with Gasteiger partial charge in [-0.25, -0.2) is 0 Å². The lowest BCUT2D eigenvalue weighted by atomic mass is 10.00. The van der Waals surface area contributed by atoms with Gasteiger partial charge in [0.1, 0.15) is 0 Å². The molecule has 22 heavy (non-hydrogen) atoms. The lowest BCUT2D eigenvalue weighted by Gasteiger charge is -2.30. The van der Waals surface area contributed by atoms with Gasteiger partial charge in [-0.3, -0.25) is 9.58 Å². The minimum absolute atomic E-state index is 0.413. The van der Waals surface area contributed by atoms with E-state index in [0.29, 0.717) is 6.04 Å². The van der Waals surface area contributed by atoms with Gasteiger partial charge in [0.05, 0.1) is 5.69 Å². The zero-order valence-electron chi connectivity index (χ0n) is 13.4. The Kier molecular flexibility index (Phi) is 4.84. The van der Waals surface area contributed by atoms with Crippen molar-refractivity contribution >= 4 is 11.6 Å². The molecule has 1 aliphatic rings. The van der Waals surface area contributed by atoms with Crippen molar-refractivity contribution in [2.24, 2.45) is 7.05 Å². The highest BCUT2D eigenvalue weighted by Gasteiger charge is 2.25. The second-order valence-electron chi connectivity index (χ2n) is 6.27. The van der Waals surface area contributed by atoms with E-state index in [0.717, 1.165) is 23.8 Å². The van der Waals surface area contributed by atoms with Gasteiger partial charge in [0.2, 0.25) is 0 Å². The molecule has 0 N–H and O–H groups in total. The second-order valence-corrected chi connectivity index (χ2v) is 6.68. The first kappa shape index (κ1) is 15.6. The van der Waals surface area contributed by atoms with Gasteiger partial charge in [0.25, 0.3) is 0 Å². The van der Waals surface area contributed by atoms with Crippen LogP contribution in [0.5, 0.6) is 0 Å². The molecule has 0 unspecified atom stereocenters. The number of aryl methyl sites for hydroxylation is 2. The van der Waals surface area contributed by atoms with Crippen LogP contribution in [-0.4, -0.2) is 21.2 Å². The molecular formula is C18H24ClN3. The molecule has 3 nitrogen and oxygen atoms in total. The van der Waals surface area contributed by atoms with Crippen LogP contribution in [0.3, 0.4) is 0 Å². The Morgan fingerprint density at radius 3 is 2.77 bits per heavy atom. The molecule has 0 spiro atoms. The third kappa shape index (κ3) is 3.36. The van der Waals surface area contributed by atoms with E-state index in [1.165, 1.54) is 36.8 Å². The Morgan fingerprint density at radius 2 is 2.05 bits per heavy atom. The van der Waals surface area contributed by atoms with Gasteiger partial charge in [-0.2, -0.15) is 5.10 Å². The molecule has 1 atom stereocenters. The SMILES string of the molecule is Cc1nn(C)cc1CN1CCCCC[C@H]1c1ccccc1Cl. The zero-order valence-corrected chi connectivity index (χ0v) is 14.2. The molecular weight excluding hydrogens is 294 g/mol. The third-order valence-corrected chi connectivity index (χ3v) is 4.96. The molecule has 2 heterocycles. The summed E-state index contributed by atoms with van der Waals surface area (Å²) in [5.41, 5.74) is 3.72. The summed E-state index contributed by atoms with van der Waals surface area (Å²) < 4.78 is 1.91. The summed E-state index contributed by atoms with van der Waals surface area (Å²) in [5, 5.41) is 5.37. The van der Waals surface area contributed by atoms with Crippen molar-refractivity contribution in [3.8, 4) is 0 Å². The van der Waals surface area contributed by atoms with Gasteiger partial charge in [-0.1, -0.05) is 42.6 Å². The quantitative estimate of drug-likeness (QED) is 0.831. The van der Waals surface area contributed by atoms with E-state index < -0.39 is 0 Å². The van der Waals surface area contributed by atoms with E-state index in [1.54, 1.807) is 0 Å². The number of nitrogens with zero attached hydrogens (tertiary/aromatic N) is 3. The Bertz CT molecular complexity index is 635. The van der Waals surface area contributed by atoms with Crippen molar-refractivity contribution in [2.45, 2.75) is 45.2 Å². The topological polar surface area (TPSA) is 21.1 Å². The largest absolute Gasteiger partial charge is 0.292 e. The monoisotopic (exact) mass is 317 g/mol. The summed E-state index contributed by atoms with van der Waals surface area (Å²) in [7, 11) is 1.99. The van der Waals surface area contributed by atoms with E-state index in [2.05, 4.69) is 35.3 Å². The molecule has 0 saturated carbocycles. The van der Waals surface area contributed by atoms with Crippen molar-refractivity contribution < 1.29 is 0 Å². The number of hydrogen-bond donors (Lipinski definition) is 0. The number of rotatable bonds is 3. The summed E-state index contributed by atoms with van der Waals surface area (Å²) >= 11 is 6.47. The summed E-state index contributed by atoms with van der Waals surface area (Å²) in [5.74, 6) is 0. The molecule has 118 valence electrons. The highest BCUT2D eigenvalue weighted by molar-refractivity contribution is 6.31. The Morgan fingerprint density at radius 1 is 1.23 bits per heavy atom. The molecule has 0 bridgehead atoms. The standard InChI is InChI=1S/C18H24ClN3/c1-14-15(12-21(2)20-14)13-22-11-7-3-4-10-18(22)16-8-5-6-9-17(16)19/h5-6,8-9,12,18H,3-4,7,10-11,13H2,1-2H3/t18-/m0/s1. The first-order chi connectivity index (χ1) is 10.6. The minimum atomic E-state index is 0.413. The van der Waals surface area contributed by atoms with Crippen LogP contribution in [-0.2, 0) is 13.6 Å². The van der Waals surface area contributed by atoms with Crippen molar-refractivity contribution in [3.63, 3.8) is 0 Å². The van der Waals surface area contributed by atoms with Crippen molar-refractivity contribution in [1.82, 2.24) is 14.7 Å². The maximum absolute atomic E-state index is 6.47. The van der Waals surface area contributed by atoms with Crippen LogP contribution in [0.4, 0.5) is 0 Å². The van der Waals surface area contributed by atoms with Crippen LogP contribution in [0.25, 0.3) is 0 Å². The fraction of sp³-hybridized carbons (Fsp3) is 0.500. The van der Waals surface area contributed by atoms with E-state index in [-0.39, 0.29) is 0 Å². The number of hydrogen-bond acceptors (Lipinski definition) is 2. The normalized spacial score (nSPS) is 20.0. The molecule has 1 saturated heterocycles. The summed E-state index contributed by atoms with van der Waals surface area (Å²) in [4.78, 5) is 2.58. The molecule has 1 aliphatic heterocycles. The molecule has 0 aliphatic carbocycles. The van der Waals surface area contributed by atoms with Gasteiger partial charge in [0.15, 0.2) is 0 Å². The van der Waals surface area contributed by atoms with E-state index in [4.69, 9.17) is 11.6 Å². The zero-order chi connectivity index (χ0) is 15.5. The van der Waals surface area contributed by atoms with Crippen LogP contribution in [0.1, 0.15) is 48.5 Å². The first-order valence-electron chi connectivity index (χ1n) is 8.13. The molecule has 2 aromatic rings. The summed E-state index contributed by atoms with van der Waals surface area (Å²) in [6, 6.07) is 8.71. The Labute approximate surface area is 137 Å². The minimum Gasteiger partial charge on any atom is -0.292 e. The van der Waals surface area contributed by atoms with Gasteiger partial charge in [-0.05, 0) is 37.9 Å². The second kappa shape index (κ2) is 6.84. The van der Waals surface area contributed by atoms with E-state index in [1.807, 2.05) is 23.9 Å². The van der Waals surface area contributed by atoms with Crippen LogP contribution < -0.4 is 0 Å². The summed E-state index contributed by atoms with van der Waals surface area (Å²) in [6.45, 7) is 4.18. The van der Waals surface area contributed by atoms with Crippen LogP contribution in [0.2, 0.25) is 5.02 Å². The lowest BCUT2D eigenvalue weighted by Crippen LogP contribution is -2.28. The average Bonchev–Trinajstić information content (AvgIpc) is 2.69. The highest BCUT2D eigenvalue weighted by atomic mass is 35.5. The van der Waals surface area contributed by atoms with Crippen molar-refractivity contribution in [3.05, 3.63) is 52.3 Å². The Hall–Kier alpha value is -1.32. The Balaban J connectivity index is 1.88. The number of halogens is 1. The van der Waals surface area contributed by atoms with E-state index >= 15 is 0 Å². The van der Waals surface area contributed by atoms with Gasteiger partial charge < -0.3 is 0 Å². The molecule has 1 aromatic heterocycles. The van der Waals surface area contributed by atoms with Gasteiger partial charge >= 0.3 is 0 Å². The van der Waals surface area contributed by atoms with Crippen LogP contribution in [0, 0.1) is 6.92 Å². The van der Waals surface area contributed by atoms with Crippen LogP contribution in [0.15, 0.2) is 30.5 Å². The van der Waals surface area contributed by atoms with Crippen molar-refractivity contribution in [2.75, 3.05) is 6.54 Å². The first-order valence-corrected chi connectivity index (χ1v) is 8.50. The highest BCUT2D eigenvalue weighted by Crippen LogP contribution is 2.35. The fourth-order valence-corrected chi connectivity index (χ4v) is 3.74. The number of benzene rings is 1. The predicted molar refractivity (Wildman–Crippen MR) is 91.0 cm³/mol. The van der Waals surface area contributed by atoms with Crippen molar-refractivity contribution in [1.29, 1.82) is 0 Å². The lowest BCUT2D eigenvalue weighted by molar-refractivity contribution is 0.192. The molecule has 0 radical (unpaired) electrons. The van der Waals surface area contributed by atoms with E-state index in [9.17, 15) is 0 Å². The maximum Gasteiger partial charge on any atom is 0.0638 e. The fourth-order valence-electron chi connectivity index (χ4n) is 3.48. The molecule has 1 fully saturated rings. The van der Waals surface area contributed by atoms with Crippen LogP contribution >= 0.6 is 11.6 Å². The smallest absolute Gasteiger partial charge is 0.0638 e. The molecule has 4 heteroatoms. The third-order valence-electron chi connectivity index (χ3n) is 4.62. The number of aromatic nitrogens is 2. The van der Waals surface area contributed by atoms with Gasteiger partial charge in [-0.15, -0.1) is 0 Å². The predicted octanol–water partition coefficient (Wildman–Crippen LogP) is 4.50. The average molecular weight is 318 g/mol. The molecule has 3 rings (SSSR count). The number of likely N-dealkylation sites (tertiary alicyclic amines) is 1. The molecule has 1 aromatic carbocycles. The molecule has 0 amide bonds. The van der Waals surface area contributed by atoms with Gasteiger partial charge in [0, 0.05) is 36.4 Å².